The molecule has 0 aliphatic carbocycles. The minimum absolute atomic E-state index is 0.118. The minimum Gasteiger partial charge on any atom is -0.489 e. The van der Waals surface area contributed by atoms with Crippen LogP contribution in [0.2, 0.25) is 5.02 Å². The monoisotopic (exact) mass is 453 g/mol. The first-order chi connectivity index (χ1) is 15.0. The maximum atomic E-state index is 14.0. The zero-order valence-electron chi connectivity index (χ0n) is 16.3. The van der Waals surface area contributed by atoms with Crippen LogP contribution in [0.3, 0.4) is 0 Å². The second kappa shape index (κ2) is 9.37. The zero-order chi connectivity index (χ0) is 21.8. The fourth-order valence-corrected chi connectivity index (χ4v) is 4.09. The van der Waals surface area contributed by atoms with Crippen molar-refractivity contribution in [3.8, 4) is 5.75 Å². The smallest absolute Gasteiger partial charge is 0.293 e. The first-order valence-corrected chi connectivity index (χ1v) is 10.7. The van der Waals surface area contributed by atoms with Crippen LogP contribution in [0.25, 0.3) is 6.08 Å². The Morgan fingerprint density at radius 2 is 1.71 bits per heavy atom. The lowest BCUT2D eigenvalue weighted by molar-refractivity contribution is -0.123. The summed E-state index contributed by atoms with van der Waals surface area (Å²) in [4.78, 5) is 26.3. The molecular formula is C24H17ClFNO3S. The van der Waals surface area contributed by atoms with Crippen LogP contribution in [-0.2, 0) is 17.9 Å². The highest BCUT2D eigenvalue weighted by Crippen LogP contribution is 2.34. The summed E-state index contributed by atoms with van der Waals surface area (Å²) >= 11 is 6.85. The Balaban J connectivity index is 1.44. The number of rotatable bonds is 6. The van der Waals surface area contributed by atoms with Gasteiger partial charge in [-0.25, -0.2) is 4.39 Å². The number of hydrogen-bond donors (Lipinski definition) is 0. The van der Waals surface area contributed by atoms with Crippen LogP contribution < -0.4 is 4.74 Å². The van der Waals surface area contributed by atoms with Crippen LogP contribution in [0.4, 0.5) is 9.18 Å². The Bertz CT molecular complexity index is 1130. The van der Waals surface area contributed by atoms with Crippen molar-refractivity contribution in [2.75, 3.05) is 0 Å². The van der Waals surface area contributed by atoms with E-state index in [1.807, 2.05) is 42.5 Å². The SMILES string of the molecule is O=C1SC(=Cc2ccc(OCc3ccccc3)cc2)C(=O)N1Cc1c(F)cccc1Cl. The van der Waals surface area contributed by atoms with Crippen LogP contribution >= 0.6 is 23.4 Å². The number of ether oxygens (including phenoxy) is 1. The molecule has 0 spiro atoms. The number of nitrogens with zero attached hydrogens (tertiary/aromatic N) is 1. The van der Waals surface area contributed by atoms with Crippen molar-refractivity contribution in [2.24, 2.45) is 0 Å². The minimum atomic E-state index is -0.554. The number of amides is 2. The van der Waals surface area contributed by atoms with Crippen molar-refractivity contribution in [1.29, 1.82) is 0 Å². The van der Waals surface area contributed by atoms with Crippen LogP contribution in [-0.4, -0.2) is 16.0 Å². The van der Waals surface area contributed by atoms with Gasteiger partial charge >= 0.3 is 0 Å². The van der Waals surface area contributed by atoms with Gasteiger partial charge in [-0.3, -0.25) is 14.5 Å². The topological polar surface area (TPSA) is 46.6 Å². The van der Waals surface area contributed by atoms with Crippen molar-refractivity contribution < 1.29 is 18.7 Å². The number of thioether (sulfide) groups is 1. The maximum absolute atomic E-state index is 14.0. The van der Waals surface area contributed by atoms with Crippen LogP contribution in [0.15, 0.2) is 77.7 Å². The molecule has 4 nitrogen and oxygen atoms in total. The molecular weight excluding hydrogens is 437 g/mol. The summed E-state index contributed by atoms with van der Waals surface area (Å²) in [7, 11) is 0. The van der Waals surface area contributed by atoms with Crippen molar-refractivity contribution in [1.82, 2.24) is 4.90 Å². The van der Waals surface area contributed by atoms with Gasteiger partial charge in [-0.1, -0.05) is 60.1 Å². The lowest BCUT2D eigenvalue weighted by atomic mass is 10.2. The molecule has 0 radical (unpaired) electrons. The summed E-state index contributed by atoms with van der Waals surface area (Å²) in [5.41, 5.74) is 1.93. The van der Waals surface area contributed by atoms with Gasteiger partial charge < -0.3 is 4.74 Å². The fraction of sp³-hybridized carbons (Fsp3) is 0.0833. The largest absolute Gasteiger partial charge is 0.489 e. The molecule has 1 saturated heterocycles. The molecule has 1 heterocycles. The predicted molar refractivity (Wildman–Crippen MR) is 120 cm³/mol. The van der Waals surface area contributed by atoms with E-state index < -0.39 is 17.0 Å². The fourth-order valence-electron chi connectivity index (χ4n) is 3.03. The summed E-state index contributed by atoms with van der Waals surface area (Å²) in [6, 6.07) is 21.3. The van der Waals surface area contributed by atoms with Crippen molar-refractivity contribution in [3.05, 3.63) is 105 Å². The van der Waals surface area contributed by atoms with E-state index in [2.05, 4.69) is 0 Å². The van der Waals surface area contributed by atoms with E-state index in [4.69, 9.17) is 16.3 Å². The van der Waals surface area contributed by atoms with Gasteiger partial charge in [0.1, 0.15) is 18.2 Å². The molecule has 0 N–H and O–H groups in total. The Hall–Kier alpha value is -3.09. The second-order valence-electron chi connectivity index (χ2n) is 6.81. The molecule has 3 aromatic rings. The Morgan fingerprint density at radius 3 is 2.42 bits per heavy atom. The van der Waals surface area contributed by atoms with Gasteiger partial charge in [0.2, 0.25) is 0 Å². The Kier molecular flexibility index (Phi) is 6.39. The third-order valence-electron chi connectivity index (χ3n) is 4.68. The number of halogens is 2. The van der Waals surface area contributed by atoms with Gasteiger partial charge in [-0.15, -0.1) is 0 Å². The summed E-state index contributed by atoms with van der Waals surface area (Å²) in [5.74, 6) is -0.330. The Labute approximate surface area is 188 Å². The number of benzene rings is 3. The molecule has 156 valence electrons. The van der Waals surface area contributed by atoms with E-state index >= 15 is 0 Å². The quantitative estimate of drug-likeness (QED) is 0.411. The van der Waals surface area contributed by atoms with E-state index in [-0.39, 0.29) is 22.0 Å². The van der Waals surface area contributed by atoms with Gasteiger partial charge in [-0.2, -0.15) is 0 Å². The first-order valence-electron chi connectivity index (χ1n) is 9.46. The molecule has 0 atom stereocenters. The molecule has 1 aliphatic heterocycles. The summed E-state index contributed by atoms with van der Waals surface area (Å²) in [5, 5.41) is -0.285. The van der Waals surface area contributed by atoms with E-state index in [9.17, 15) is 14.0 Å². The number of hydrogen-bond acceptors (Lipinski definition) is 4. The van der Waals surface area contributed by atoms with Gasteiger partial charge in [0.25, 0.3) is 11.1 Å². The molecule has 31 heavy (non-hydrogen) atoms. The van der Waals surface area contributed by atoms with E-state index in [0.717, 1.165) is 27.8 Å². The highest BCUT2D eigenvalue weighted by Gasteiger charge is 2.35. The average molecular weight is 454 g/mol. The predicted octanol–water partition coefficient (Wildman–Crippen LogP) is 6.29. The third-order valence-corrected chi connectivity index (χ3v) is 5.94. The lowest BCUT2D eigenvalue weighted by Gasteiger charge is -2.14. The first kappa shape index (κ1) is 21.2. The lowest BCUT2D eigenvalue weighted by Crippen LogP contribution is -2.28. The summed E-state index contributed by atoms with van der Waals surface area (Å²) < 4.78 is 19.8. The number of carbonyl (C=O) groups is 2. The normalized spacial score (nSPS) is 15.0. The summed E-state index contributed by atoms with van der Waals surface area (Å²) in [6.07, 6.45) is 1.63. The maximum Gasteiger partial charge on any atom is 0.293 e. The molecule has 2 amide bonds. The third kappa shape index (κ3) is 4.98. The molecule has 0 bridgehead atoms. The Morgan fingerprint density at radius 1 is 0.968 bits per heavy atom. The van der Waals surface area contributed by atoms with Crippen molar-refractivity contribution >= 4 is 40.6 Å². The van der Waals surface area contributed by atoms with Crippen LogP contribution in [0, 0.1) is 5.82 Å². The molecule has 0 saturated carbocycles. The number of carbonyl (C=O) groups excluding carboxylic acids is 2. The highest BCUT2D eigenvalue weighted by molar-refractivity contribution is 8.18. The van der Waals surface area contributed by atoms with Gasteiger partial charge in [0.05, 0.1) is 11.4 Å². The van der Waals surface area contributed by atoms with Crippen molar-refractivity contribution in [2.45, 2.75) is 13.2 Å². The van der Waals surface area contributed by atoms with E-state index in [1.165, 1.54) is 18.2 Å². The second-order valence-corrected chi connectivity index (χ2v) is 8.21. The summed E-state index contributed by atoms with van der Waals surface area (Å²) in [6.45, 7) is 0.247. The van der Waals surface area contributed by atoms with E-state index in [0.29, 0.717) is 12.4 Å². The molecule has 4 rings (SSSR count). The average Bonchev–Trinajstić information content (AvgIpc) is 3.03. The zero-order valence-corrected chi connectivity index (χ0v) is 17.8. The molecule has 0 unspecified atom stereocenters. The van der Waals surface area contributed by atoms with Crippen LogP contribution in [0.5, 0.6) is 5.75 Å². The van der Waals surface area contributed by atoms with Crippen molar-refractivity contribution in [3.63, 3.8) is 0 Å². The molecule has 1 aliphatic rings. The molecule has 7 heteroatoms. The van der Waals surface area contributed by atoms with Gasteiger partial charge in [0.15, 0.2) is 0 Å². The highest BCUT2D eigenvalue weighted by atomic mass is 35.5. The molecule has 0 aromatic heterocycles. The number of imide groups is 1. The molecule has 1 fully saturated rings. The van der Waals surface area contributed by atoms with E-state index in [1.54, 1.807) is 18.2 Å². The standard InChI is InChI=1S/C24H17ClFNO3S/c25-20-7-4-8-21(26)19(20)14-27-23(28)22(31-24(27)29)13-16-9-11-18(12-10-16)30-15-17-5-2-1-3-6-17/h1-13H,14-15H2. The molecule has 3 aromatic carbocycles. The van der Waals surface area contributed by atoms with Crippen LogP contribution in [0.1, 0.15) is 16.7 Å². The van der Waals surface area contributed by atoms with Gasteiger partial charge in [-0.05, 0) is 53.2 Å². The van der Waals surface area contributed by atoms with Gasteiger partial charge in [0, 0.05) is 10.6 Å².